The van der Waals surface area contributed by atoms with Gasteiger partial charge in [-0.1, -0.05) is 60.7 Å². The van der Waals surface area contributed by atoms with E-state index in [-0.39, 0.29) is 16.7 Å². The molecular formula is C19H13F3S. The molecule has 0 N–H and O–H groups in total. The Bertz CT molecular complexity index is 723. The fraction of sp³-hybridized carbons (Fsp3) is 0.0526. The van der Waals surface area contributed by atoms with Crippen molar-refractivity contribution in [2.45, 2.75) is 10.4 Å². The number of benzene rings is 3. The third-order valence-corrected chi connectivity index (χ3v) is 4.06. The molecule has 0 aromatic heterocycles. The van der Waals surface area contributed by atoms with Gasteiger partial charge in [-0.25, -0.2) is 0 Å². The van der Waals surface area contributed by atoms with E-state index in [1.54, 1.807) is 12.1 Å². The number of hydrogen-bond acceptors (Lipinski definition) is 1. The fourth-order valence-electron chi connectivity index (χ4n) is 2.39. The number of rotatable bonds is 3. The van der Waals surface area contributed by atoms with Crippen molar-refractivity contribution in [1.29, 1.82) is 0 Å². The quantitative estimate of drug-likeness (QED) is 0.485. The van der Waals surface area contributed by atoms with Crippen LogP contribution in [-0.2, 0) is 0 Å². The van der Waals surface area contributed by atoms with Gasteiger partial charge in [0, 0.05) is 4.90 Å². The molecule has 116 valence electrons. The highest BCUT2D eigenvalue weighted by Gasteiger charge is 2.29. The Balaban J connectivity index is 2.11. The van der Waals surface area contributed by atoms with Crippen molar-refractivity contribution in [3.05, 3.63) is 78.9 Å². The maximum atomic E-state index is 12.8. The highest BCUT2D eigenvalue weighted by molar-refractivity contribution is 8.00. The molecule has 0 nitrogen and oxygen atoms in total. The second-order valence-corrected chi connectivity index (χ2v) is 6.16. The Morgan fingerprint density at radius 3 is 1.39 bits per heavy atom. The molecule has 0 bridgehead atoms. The van der Waals surface area contributed by atoms with Gasteiger partial charge in [-0.2, -0.15) is 13.2 Å². The van der Waals surface area contributed by atoms with E-state index in [0.717, 1.165) is 22.3 Å². The lowest BCUT2D eigenvalue weighted by molar-refractivity contribution is -0.0328. The van der Waals surface area contributed by atoms with Crippen molar-refractivity contribution >= 4 is 11.8 Å². The Kier molecular flexibility index (Phi) is 4.44. The van der Waals surface area contributed by atoms with Gasteiger partial charge in [-0.05, 0) is 52.2 Å². The van der Waals surface area contributed by atoms with E-state index in [1.807, 2.05) is 66.7 Å². The van der Waals surface area contributed by atoms with Crippen molar-refractivity contribution in [1.82, 2.24) is 0 Å². The summed E-state index contributed by atoms with van der Waals surface area (Å²) in [6.07, 6.45) is 0. The van der Waals surface area contributed by atoms with E-state index < -0.39 is 5.51 Å². The molecule has 0 aliphatic heterocycles. The molecule has 0 spiro atoms. The minimum Gasteiger partial charge on any atom is -0.160 e. The maximum Gasteiger partial charge on any atom is 0.446 e. The molecule has 0 saturated heterocycles. The van der Waals surface area contributed by atoms with E-state index in [4.69, 9.17) is 0 Å². The molecule has 0 fully saturated rings. The zero-order valence-electron chi connectivity index (χ0n) is 12.0. The Hall–Kier alpha value is -2.20. The first-order chi connectivity index (χ1) is 11.0. The molecule has 0 radical (unpaired) electrons. The molecule has 3 aromatic rings. The van der Waals surface area contributed by atoms with Gasteiger partial charge in [0.15, 0.2) is 0 Å². The lowest BCUT2D eigenvalue weighted by atomic mass is 9.99. The van der Waals surface area contributed by atoms with Gasteiger partial charge in [-0.15, -0.1) is 0 Å². The first-order valence-electron chi connectivity index (χ1n) is 7.03. The van der Waals surface area contributed by atoms with Crippen LogP contribution in [0.2, 0.25) is 0 Å². The van der Waals surface area contributed by atoms with Gasteiger partial charge in [0.2, 0.25) is 0 Å². The Morgan fingerprint density at radius 2 is 1.00 bits per heavy atom. The molecule has 0 atom stereocenters. The second-order valence-electron chi connectivity index (χ2n) is 5.03. The van der Waals surface area contributed by atoms with E-state index in [0.29, 0.717) is 0 Å². The maximum absolute atomic E-state index is 12.8. The van der Waals surface area contributed by atoms with Crippen LogP contribution in [0.4, 0.5) is 13.2 Å². The molecule has 0 amide bonds. The molecule has 0 heterocycles. The average molecular weight is 330 g/mol. The van der Waals surface area contributed by atoms with Gasteiger partial charge in [0.25, 0.3) is 0 Å². The monoisotopic (exact) mass is 330 g/mol. The Labute approximate surface area is 137 Å². The standard InChI is InChI=1S/C19H13F3S/c20-19(21,22)23-18-12-16(14-7-3-1-4-8-14)11-17(13-18)15-9-5-2-6-10-15/h1-13H. The summed E-state index contributed by atoms with van der Waals surface area (Å²) in [5, 5.41) is 0. The van der Waals surface area contributed by atoms with Crippen LogP contribution >= 0.6 is 11.8 Å². The van der Waals surface area contributed by atoms with Crippen LogP contribution in [0.1, 0.15) is 0 Å². The molecule has 3 rings (SSSR count). The van der Waals surface area contributed by atoms with Crippen molar-refractivity contribution < 1.29 is 13.2 Å². The zero-order valence-corrected chi connectivity index (χ0v) is 12.9. The van der Waals surface area contributed by atoms with E-state index in [9.17, 15) is 13.2 Å². The van der Waals surface area contributed by atoms with Gasteiger partial charge >= 0.3 is 5.51 Å². The molecule has 4 heteroatoms. The average Bonchev–Trinajstić information content (AvgIpc) is 2.55. The van der Waals surface area contributed by atoms with Gasteiger partial charge in [0.1, 0.15) is 0 Å². The summed E-state index contributed by atoms with van der Waals surface area (Å²) in [6, 6.07) is 23.9. The normalized spacial score (nSPS) is 11.4. The highest BCUT2D eigenvalue weighted by atomic mass is 32.2. The first kappa shape index (κ1) is 15.7. The summed E-state index contributed by atoms with van der Waals surface area (Å²) >= 11 is -0.0816. The summed E-state index contributed by atoms with van der Waals surface area (Å²) in [7, 11) is 0. The molecule has 0 unspecified atom stereocenters. The van der Waals surface area contributed by atoms with Crippen LogP contribution in [0.15, 0.2) is 83.8 Å². The van der Waals surface area contributed by atoms with Crippen molar-refractivity contribution in [3.63, 3.8) is 0 Å². The summed E-state index contributed by atoms with van der Waals surface area (Å²) in [6.45, 7) is 0. The predicted molar refractivity (Wildman–Crippen MR) is 89.2 cm³/mol. The predicted octanol–water partition coefficient (Wildman–Crippen LogP) is 6.63. The number of thioether (sulfide) groups is 1. The van der Waals surface area contributed by atoms with E-state index in [2.05, 4.69) is 0 Å². The summed E-state index contributed by atoms with van der Waals surface area (Å²) in [5.41, 5.74) is -0.954. The number of alkyl halides is 3. The van der Waals surface area contributed by atoms with Crippen molar-refractivity contribution in [3.8, 4) is 22.3 Å². The molecular weight excluding hydrogens is 317 g/mol. The van der Waals surface area contributed by atoms with Crippen LogP contribution in [0.5, 0.6) is 0 Å². The number of hydrogen-bond donors (Lipinski definition) is 0. The SMILES string of the molecule is FC(F)(F)Sc1cc(-c2ccccc2)cc(-c2ccccc2)c1. The third-order valence-electron chi connectivity index (χ3n) is 3.35. The topological polar surface area (TPSA) is 0 Å². The van der Waals surface area contributed by atoms with E-state index in [1.165, 1.54) is 0 Å². The third kappa shape index (κ3) is 4.17. The lowest BCUT2D eigenvalue weighted by Crippen LogP contribution is -1.99. The first-order valence-corrected chi connectivity index (χ1v) is 7.85. The minimum atomic E-state index is -4.30. The largest absolute Gasteiger partial charge is 0.446 e. The van der Waals surface area contributed by atoms with Crippen molar-refractivity contribution in [2.24, 2.45) is 0 Å². The molecule has 0 saturated carbocycles. The lowest BCUT2D eigenvalue weighted by Gasteiger charge is -2.11. The smallest absolute Gasteiger partial charge is 0.160 e. The fourth-order valence-corrected chi connectivity index (χ4v) is 3.03. The summed E-state index contributed by atoms with van der Waals surface area (Å²) < 4.78 is 38.3. The molecule has 0 aliphatic rings. The minimum absolute atomic E-state index is 0.0816. The number of halogens is 3. The van der Waals surface area contributed by atoms with Gasteiger partial charge in [0.05, 0.1) is 0 Å². The van der Waals surface area contributed by atoms with Crippen LogP contribution < -0.4 is 0 Å². The van der Waals surface area contributed by atoms with Crippen LogP contribution in [0.3, 0.4) is 0 Å². The zero-order chi connectivity index (χ0) is 16.3. The summed E-state index contributed by atoms with van der Waals surface area (Å²) in [4.78, 5) is 0.192. The highest BCUT2D eigenvalue weighted by Crippen LogP contribution is 2.40. The Morgan fingerprint density at radius 1 is 0.565 bits per heavy atom. The molecule has 23 heavy (non-hydrogen) atoms. The summed E-state index contributed by atoms with van der Waals surface area (Å²) in [5.74, 6) is 0. The second kappa shape index (κ2) is 6.50. The molecule has 0 aliphatic carbocycles. The van der Waals surface area contributed by atoms with Crippen LogP contribution in [0, 0.1) is 0 Å². The van der Waals surface area contributed by atoms with Gasteiger partial charge < -0.3 is 0 Å². The van der Waals surface area contributed by atoms with Crippen molar-refractivity contribution in [2.75, 3.05) is 0 Å². The van der Waals surface area contributed by atoms with Crippen LogP contribution in [-0.4, -0.2) is 5.51 Å². The van der Waals surface area contributed by atoms with Gasteiger partial charge in [-0.3, -0.25) is 0 Å². The van der Waals surface area contributed by atoms with Crippen LogP contribution in [0.25, 0.3) is 22.3 Å². The van der Waals surface area contributed by atoms with E-state index >= 15 is 0 Å². The molecule has 3 aromatic carbocycles.